The summed E-state index contributed by atoms with van der Waals surface area (Å²) in [6.07, 6.45) is 10.9. The Bertz CT molecular complexity index is 276. The van der Waals surface area contributed by atoms with Crippen LogP contribution in [0.5, 0.6) is 0 Å². The molecule has 1 aliphatic heterocycles. The molecule has 0 aliphatic carbocycles. The van der Waals surface area contributed by atoms with Gasteiger partial charge in [0.05, 0.1) is 0 Å². The third-order valence-electron chi connectivity index (χ3n) is 4.64. The monoisotopic (exact) mass is 298 g/mol. The van der Waals surface area contributed by atoms with Crippen LogP contribution < -0.4 is 0 Å². The second-order valence-electron chi connectivity index (χ2n) is 6.37. The highest BCUT2D eigenvalue weighted by atomic mass is 16.4. The highest BCUT2D eigenvalue weighted by Crippen LogP contribution is 2.11. The van der Waals surface area contributed by atoms with Gasteiger partial charge in [-0.1, -0.05) is 51.9 Å². The molecule has 0 bridgehead atoms. The SMILES string of the molecule is CCCCCCCCCCN1CCN(C(C)C(=O)O)CC1. The predicted molar refractivity (Wildman–Crippen MR) is 87.7 cm³/mol. The molecular weight excluding hydrogens is 264 g/mol. The molecule has 0 spiro atoms. The van der Waals surface area contributed by atoms with E-state index >= 15 is 0 Å². The van der Waals surface area contributed by atoms with E-state index in [9.17, 15) is 4.79 Å². The van der Waals surface area contributed by atoms with Gasteiger partial charge in [-0.15, -0.1) is 0 Å². The van der Waals surface area contributed by atoms with Crippen molar-refractivity contribution in [3.63, 3.8) is 0 Å². The Morgan fingerprint density at radius 3 is 2.00 bits per heavy atom. The van der Waals surface area contributed by atoms with E-state index in [4.69, 9.17) is 5.11 Å². The summed E-state index contributed by atoms with van der Waals surface area (Å²) in [7, 11) is 0. The topological polar surface area (TPSA) is 43.8 Å². The van der Waals surface area contributed by atoms with Gasteiger partial charge in [0.15, 0.2) is 0 Å². The van der Waals surface area contributed by atoms with E-state index in [1.165, 1.54) is 57.9 Å². The summed E-state index contributed by atoms with van der Waals surface area (Å²) in [6.45, 7) is 9.06. The van der Waals surface area contributed by atoms with Crippen LogP contribution in [0.2, 0.25) is 0 Å². The molecule has 1 atom stereocenters. The first-order valence-corrected chi connectivity index (χ1v) is 8.84. The molecule has 0 aromatic heterocycles. The Kier molecular flexibility index (Phi) is 9.68. The molecule has 0 amide bonds. The van der Waals surface area contributed by atoms with Crippen LogP contribution in [0, 0.1) is 0 Å². The number of rotatable bonds is 11. The quantitative estimate of drug-likeness (QED) is 0.595. The third kappa shape index (κ3) is 7.82. The lowest BCUT2D eigenvalue weighted by Gasteiger charge is -2.36. The zero-order valence-corrected chi connectivity index (χ0v) is 14.0. The number of hydrogen-bond acceptors (Lipinski definition) is 3. The van der Waals surface area contributed by atoms with Crippen LogP contribution in [0.15, 0.2) is 0 Å². The average molecular weight is 298 g/mol. The maximum absolute atomic E-state index is 11.0. The third-order valence-corrected chi connectivity index (χ3v) is 4.64. The number of carbonyl (C=O) groups is 1. The summed E-state index contributed by atoms with van der Waals surface area (Å²) < 4.78 is 0. The molecule has 1 rings (SSSR count). The van der Waals surface area contributed by atoms with Gasteiger partial charge in [-0.25, -0.2) is 0 Å². The smallest absolute Gasteiger partial charge is 0.320 e. The first-order chi connectivity index (χ1) is 10.1. The van der Waals surface area contributed by atoms with Crippen LogP contribution in [0.1, 0.15) is 65.2 Å². The highest BCUT2D eigenvalue weighted by molar-refractivity contribution is 5.72. The molecule has 1 saturated heterocycles. The van der Waals surface area contributed by atoms with Crippen LogP contribution in [-0.4, -0.2) is 59.6 Å². The minimum absolute atomic E-state index is 0.338. The lowest BCUT2D eigenvalue weighted by Crippen LogP contribution is -2.51. The van der Waals surface area contributed by atoms with Crippen molar-refractivity contribution < 1.29 is 9.90 Å². The van der Waals surface area contributed by atoms with Crippen molar-refractivity contribution in [3.8, 4) is 0 Å². The second kappa shape index (κ2) is 11.0. The maximum Gasteiger partial charge on any atom is 0.320 e. The van der Waals surface area contributed by atoms with Gasteiger partial charge >= 0.3 is 5.97 Å². The van der Waals surface area contributed by atoms with Crippen molar-refractivity contribution in [2.45, 2.75) is 71.3 Å². The Labute approximate surface area is 130 Å². The number of nitrogens with zero attached hydrogens (tertiary/aromatic N) is 2. The van der Waals surface area contributed by atoms with E-state index < -0.39 is 5.97 Å². The van der Waals surface area contributed by atoms with E-state index in [-0.39, 0.29) is 6.04 Å². The van der Waals surface area contributed by atoms with Crippen LogP contribution in [0.3, 0.4) is 0 Å². The van der Waals surface area contributed by atoms with Crippen molar-refractivity contribution in [2.24, 2.45) is 0 Å². The zero-order chi connectivity index (χ0) is 15.5. The van der Waals surface area contributed by atoms with E-state index in [0.29, 0.717) is 0 Å². The molecule has 1 fully saturated rings. The average Bonchev–Trinajstić information content (AvgIpc) is 2.49. The van der Waals surface area contributed by atoms with Crippen molar-refractivity contribution in [1.82, 2.24) is 9.80 Å². The molecule has 21 heavy (non-hydrogen) atoms. The highest BCUT2D eigenvalue weighted by Gasteiger charge is 2.24. The fourth-order valence-electron chi connectivity index (χ4n) is 3.00. The number of carboxylic acids is 1. The van der Waals surface area contributed by atoms with Gasteiger partial charge in [0.2, 0.25) is 0 Å². The maximum atomic E-state index is 11.0. The lowest BCUT2D eigenvalue weighted by atomic mass is 10.1. The number of unbranched alkanes of at least 4 members (excludes halogenated alkanes) is 7. The van der Waals surface area contributed by atoms with Crippen molar-refractivity contribution in [1.29, 1.82) is 0 Å². The molecule has 124 valence electrons. The van der Waals surface area contributed by atoms with Gasteiger partial charge in [0, 0.05) is 26.2 Å². The first kappa shape index (κ1) is 18.4. The molecule has 0 saturated carbocycles. The number of aliphatic carboxylic acids is 1. The molecule has 0 aromatic carbocycles. The van der Waals surface area contributed by atoms with Gasteiger partial charge in [-0.3, -0.25) is 9.69 Å². The van der Waals surface area contributed by atoms with Crippen LogP contribution in [0.25, 0.3) is 0 Å². The summed E-state index contributed by atoms with van der Waals surface area (Å²) in [6, 6.07) is -0.338. The van der Waals surface area contributed by atoms with Gasteiger partial charge in [0.1, 0.15) is 6.04 Å². The van der Waals surface area contributed by atoms with Crippen LogP contribution in [0.4, 0.5) is 0 Å². The summed E-state index contributed by atoms with van der Waals surface area (Å²) >= 11 is 0. The van der Waals surface area contributed by atoms with Crippen molar-refractivity contribution in [2.75, 3.05) is 32.7 Å². The van der Waals surface area contributed by atoms with E-state index in [2.05, 4.69) is 16.7 Å². The Balaban J connectivity index is 1.97. The molecular formula is C17H34N2O2. The minimum atomic E-state index is -0.702. The molecule has 1 aliphatic rings. The second-order valence-corrected chi connectivity index (χ2v) is 6.37. The number of hydrogen-bond donors (Lipinski definition) is 1. The first-order valence-electron chi connectivity index (χ1n) is 8.84. The molecule has 1 unspecified atom stereocenters. The largest absolute Gasteiger partial charge is 0.480 e. The van der Waals surface area contributed by atoms with Gasteiger partial charge in [-0.2, -0.15) is 0 Å². The molecule has 0 radical (unpaired) electrons. The fraction of sp³-hybridized carbons (Fsp3) is 0.941. The fourth-order valence-corrected chi connectivity index (χ4v) is 3.00. The minimum Gasteiger partial charge on any atom is -0.480 e. The molecule has 1 N–H and O–H groups in total. The predicted octanol–water partition coefficient (Wildman–Crippen LogP) is 3.22. The standard InChI is InChI=1S/C17H34N2O2/c1-3-4-5-6-7-8-9-10-11-18-12-14-19(15-13-18)16(2)17(20)21/h16H,3-15H2,1-2H3,(H,20,21). The number of piperazine rings is 1. The van der Waals surface area contributed by atoms with E-state index in [0.717, 1.165) is 26.2 Å². The normalized spacial score (nSPS) is 18.8. The van der Waals surface area contributed by atoms with E-state index in [1.54, 1.807) is 6.92 Å². The summed E-state index contributed by atoms with van der Waals surface area (Å²) in [5.74, 6) is -0.702. The lowest BCUT2D eigenvalue weighted by molar-refractivity contribution is -0.143. The zero-order valence-electron chi connectivity index (χ0n) is 14.0. The Morgan fingerprint density at radius 2 is 1.48 bits per heavy atom. The van der Waals surface area contributed by atoms with Crippen LogP contribution in [-0.2, 0) is 4.79 Å². The summed E-state index contributed by atoms with van der Waals surface area (Å²) in [5.41, 5.74) is 0. The Morgan fingerprint density at radius 1 is 0.952 bits per heavy atom. The van der Waals surface area contributed by atoms with Crippen molar-refractivity contribution in [3.05, 3.63) is 0 Å². The van der Waals surface area contributed by atoms with Gasteiger partial charge < -0.3 is 10.0 Å². The summed E-state index contributed by atoms with van der Waals surface area (Å²) in [4.78, 5) is 15.5. The molecule has 0 aromatic rings. The van der Waals surface area contributed by atoms with Crippen molar-refractivity contribution >= 4 is 5.97 Å². The molecule has 4 heteroatoms. The molecule has 1 heterocycles. The molecule has 4 nitrogen and oxygen atoms in total. The van der Waals surface area contributed by atoms with Gasteiger partial charge in [0.25, 0.3) is 0 Å². The number of carboxylic acid groups (broad SMARTS) is 1. The van der Waals surface area contributed by atoms with Gasteiger partial charge in [-0.05, 0) is 19.9 Å². The van der Waals surface area contributed by atoms with E-state index in [1.807, 2.05) is 0 Å². The van der Waals surface area contributed by atoms with Crippen LogP contribution >= 0.6 is 0 Å². The summed E-state index contributed by atoms with van der Waals surface area (Å²) in [5, 5.41) is 9.02. The Hall–Kier alpha value is -0.610.